The number of piperidine rings is 1. The van der Waals surface area contributed by atoms with Crippen molar-refractivity contribution in [1.29, 1.82) is 0 Å². The van der Waals surface area contributed by atoms with Crippen molar-refractivity contribution in [1.82, 2.24) is 10.2 Å². The van der Waals surface area contributed by atoms with Gasteiger partial charge in [0.1, 0.15) is 0 Å². The van der Waals surface area contributed by atoms with Crippen LogP contribution < -0.4 is 16.8 Å². The second-order valence-corrected chi connectivity index (χ2v) is 10.6. The predicted molar refractivity (Wildman–Crippen MR) is 162 cm³/mol. The van der Waals surface area contributed by atoms with Gasteiger partial charge in [0.15, 0.2) is 0 Å². The number of amides is 1. The fourth-order valence-electron chi connectivity index (χ4n) is 4.72. The minimum atomic E-state index is -5.08. The molecular formula is C30H37F6N5O8. The zero-order valence-corrected chi connectivity index (χ0v) is 26.3. The number of carbonyl (C=O) groups excluding carboxylic acids is 2. The summed E-state index contributed by atoms with van der Waals surface area (Å²) < 4.78 is 68.5. The number of guanidine groups is 1. The monoisotopic (exact) mass is 709 g/mol. The molecule has 1 saturated heterocycles. The zero-order valence-electron chi connectivity index (χ0n) is 26.3. The molecule has 272 valence electrons. The van der Waals surface area contributed by atoms with Crippen LogP contribution in [0.1, 0.15) is 42.1 Å². The van der Waals surface area contributed by atoms with Gasteiger partial charge in [-0.3, -0.25) is 9.59 Å². The standard InChI is InChI=1S/C26H35N5O4.2C2HF3O2/c1-17(23(25(33)35-2)13-18-7-6-12-31(16-18)26(28)30-34)29-24(32)22-11-10-20(14-21(22)15-27)19-8-4-3-5-9-19;2*3-2(4,5)1(6)7/h3-5,8-11,14,17-18,23,34H,6-7,12-13,15-16,27H2,1-2H3,(H2,28,30)(H,29,32);2*(H,6,7)/t17-,18?,23?;;/m1../s1. The van der Waals surface area contributed by atoms with E-state index < -0.39 is 36.3 Å². The number of carbonyl (C=O) groups is 4. The van der Waals surface area contributed by atoms with E-state index in [9.17, 15) is 35.9 Å². The van der Waals surface area contributed by atoms with Gasteiger partial charge in [-0.05, 0) is 60.9 Å². The molecule has 0 aliphatic carbocycles. The number of oxime groups is 1. The molecule has 1 amide bonds. The summed E-state index contributed by atoms with van der Waals surface area (Å²) in [7, 11) is 1.35. The molecule has 49 heavy (non-hydrogen) atoms. The van der Waals surface area contributed by atoms with E-state index in [2.05, 4.69) is 10.5 Å². The highest BCUT2D eigenvalue weighted by atomic mass is 19.4. The number of nitrogens with two attached hydrogens (primary N) is 2. The number of alkyl halides is 6. The number of ether oxygens (including phenoxy) is 1. The third-order valence-corrected chi connectivity index (χ3v) is 7.16. The summed E-state index contributed by atoms with van der Waals surface area (Å²) in [5.41, 5.74) is 15.0. The first-order valence-electron chi connectivity index (χ1n) is 14.4. The molecular weight excluding hydrogens is 672 g/mol. The Morgan fingerprint density at radius 2 is 1.55 bits per heavy atom. The summed E-state index contributed by atoms with van der Waals surface area (Å²) in [5, 5.41) is 29.3. The molecule has 2 unspecified atom stereocenters. The summed E-state index contributed by atoms with van der Waals surface area (Å²) in [6.07, 6.45) is -7.88. The predicted octanol–water partition coefficient (Wildman–Crippen LogP) is 3.79. The average Bonchev–Trinajstić information content (AvgIpc) is 3.06. The van der Waals surface area contributed by atoms with Gasteiger partial charge in [0.05, 0.1) is 13.0 Å². The first-order chi connectivity index (χ1) is 22.8. The number of carboxylic acids is 2. The van der Waals surface area contributed by atoms with Gasteiger partial charge in [0, 0.05) is 31.2 Å². The van der Waals surface area contributed by atoms with Crippen molar-refractivity contribution >= 4 is 29.8 Å². The fraction of sp³-hybridized carbons (Fsp3) is 0.433. The van der Waals surface area contributed by atoms with Gasteiger partial charge >= 0.3 is 30.3 Å². The summed E-state index contributed by atoms with van der Waals surface area (Å²) in [4.78, 5) is 45.4. The number of aliphatic carboxylic acids is 2. The Hall–Kier alpha value is -5.07. The van der Waals surface area contributed by atoms with Crippen LogP contribution in [0.3, 0.4) is 0 Å². The van der Waals surface area contributed by atoms with Crippen LogP contribution in [-0.2, 0) is 25.7 Å². The highest BCUT2D eigenvalue weighted by Gasteiger charge is 2.39. The van der Waals surface area contributed by atoms with Gasteiger partial charge in [0.2, 0.25) is 5.96 Å². The van der Waals surface area contributed by atoms with E-state index in [-0.39, 0.29) is 30.3 Å². The van der Waals surface area contributed by atoms with Crippen molar-refractivity contribution in [3.8, 4) is 11.1 Å². The topological polar surface area (TPSA) is 218 Å². The van der Waals surface area contributed by atoms with E-state index in [1.54, 1.807) is 11.0 Å². The first kappa shape index (κ1) is 42.0. The lowest BCUT2D eigenvalue weighted by molar-refractivity contribution is -0.193. The largest absolute Gasteiger partial charge is 0.490 e. The maximum atomic E-state index is 13.2. The number of methoxy groups -OCH3 is 1. The Morgan fingerprint density at radius 3 is 2.02 bits per heavy atom. The highest BCUT2D eigenvalue weighted by Crippen LogP contribution is 2.27. The van der Waals surface area contributed by atoms with Crippen molar-refractivity contribution in [2.45, 2.75) is 51.1 Å². The molecule has 1 aliphatic heterocycles. The van der Waals surface area contributed by atoms with Crippen molar-refractivity contribution < 1.29 is 65.7 Å². The maximum absolute atomic E-state index is 13.2. The maximum Gasteiger partial charge on any atom is 0.490 e. The Labute approximate surface area is 276 Å². The number of esters is 1. The fourth-order valence-corrected chi connectivity index (χ4v) is 4.72. The third kappa shape index (κ3) is 13.9. The molecule has 0 spiro atoms. The van der Waals surface area contributed by atoms with E-state index in [0.29, 0.717) is 25.1 Å². The third-order valence-electron chi connectivity index (χ3n) is 7.16. The molecule has 0 saturated carbocycles. The second kappa shape index (κ2) is 19.1. The van der Waals surface area contributed by atoms with Crippen LogP contribution in [0.4, 0.5) is 26.3 Å². The molecule has 1 fully saturated rings. The molecule has 13 nitrogen and oxygen atoms in total. The lowest BCUT2D eigenvalue weighted by atomic mass is 9.85. The number of hydrogen-bond donors (Lipinski definition) is 6. The molecule has 1 heterocycles. The molecule has 1 aliphatic rings. The average molecular weight is 710 g/mol. The highest BCUT2D eigenvalue weighted by molar-refractivity contribution is 5.96. The molecule has 0 radical (unpaired) electrons. The van der Waals surface area contributed by atoms with Crippen LogP contribution in [0, 0.1) is 11.8 Å². The van der Waals surface area contributed by atoms with Gasteiger partial charge in [-0.15, -0.1) is 0 Å². The van der Waals surface area contributed by atoms with Gasteiger partial charge in [-0.25, -0.2) is 9.59 Å². The van der Waals surface area contributed by atoms with E-state index in [1.165, 1.54) is 7.11 Å². The lowest BCUT2D eigenvalue weighted by Gasteiger charge is -2.35. The number of nitrogens with one attached hydrogen (secondary N) is 1. The number of likely N-dealkylation sites (tertiary alicyclic amines) is 1. The number of carboxylic acid groups (broad SMARTS) is 2. The number of hydrogen-bond acceptors (Lipinski definition) is 8. The van der Waals surface area contributed by atoms with Crippen molar-refractivity contribution in [2.75, 3.05) is 20.2 Å². The quantitative estimate of drug-likeness (QED) is 0.0579. The Kier molecular flexibility index (Phi) is 16.3. The van der Waals surface area contributed by atoms with Crippen molar-refractivity contribution in [3.63, 3.8) is 0 Å². The summed E-state index contributed by atoms with van der Waals surface area (Å²) in [6, 6.07) is 15.0. The van der Waals surface area contributed by atoms with Gasteiger partial charge in [-0.2, -0.15) is 26.3 Å². The number of halogens is 6. The van der Waals surface area contributed by atoms with Gasteiger partial charge in [-0.1, -0.05) is 41.6 Å². The van der Waals surface area contributed by atoms with Crippen LogP contribution in [0.2, 0.25) is 0 Å². The normalized spacial score (nSPS) is 16.1. The molecule has 2 aromatic carbocycles. The van der Waals surface area contributed by atoms with E-state index in [1.807, 2.05) is 49.4 Å². The minimum Gasteiger partial charge on any atom is -0.475 e. The molecule has 19 heteroatoms. The molecule has 2 aromatic rings. The minimum absolute atomic E-state index is 0.0685. The molecule has 0 bridgehead atoms. The van der Waals surface area contributed by atoms with E-state index >= 15 is 0 Å². The van der Waals surface area contributed by atoms with Crippen molar-refractivity contribution in [3.05, 3.63) is 59.7 Å². The molecule has 0 aromatic heterocycles. The summed E-state index contributed by atoms with van der Waals surface area (Å²) in [5.74, 6) is -6.51. The first-order valence-corrected chi connectivity index (χ1v) is 14.4. The van der Waals surface area contributed by atoms with Crippen LogP contribution in [0.15, 0.2) is 53.7 Å². The van der Waals surface area contributed by atoms with Crippen LogP contribution in [0.5, 0.6) is 0 Å². The molecule has 8 N–H and O–H groups in total. The Bertz CT molecular complexity index is 1420. The molecule has 3 atom stereocenters. The number of nitrogens with zero attached hydrogens (tertiary/aromatic N) is 2. The van der Waals surface area contributed by atoms with Crippen LogP contribution in [-0.4, -0.2) is 88.7 Å². The lowest BCUT2D eigenvalue weighted by Crippen LogP contribution is -2.47. The van der Waals surface area contributed by atoms with Gasteiger partial charge in [0.25, 0.3) is 5.91 Å². The van der Waals surface area contributed by atoms with Gasteiger partial charge < -0.3 is 41.8 Å². The van der Waals surface area contributed by atoms with Crippen LogP contribution in [0.25, 0.3) is 11.1 Å². The second-order valence-electron chi connectivity index (χ2n) is 10.6. The smallest absolute Gasteiger partial charge is 0.475 e. The van der Waals surface area contributed by atoms with Crippen molar-refractivity contribution in [2.24, 2.45) is 28.5 Å². The van der Waals surface area contributed by atoms with E-state index in [4.69, 9.17) is 41.2 Å². The number of benzene rings is 2. The summed E-state index contributed by atoms with van der Waals surface area (Å²) >= 11 is 0. The van der Waals surface area contributed by atoms with Crippen LogP contribution >= 0.6 is 0 Å². The number of rotatable bonds is 8. The SMILES string of the molecule is COC(=O)C(CC1CCCN(C(N)=NO)C1)[C@@H](C)NC(=O)c1ccc(-c2ccccc2)cc1CN.O=C(O)C(F)(F)F.O=C(O)C(F)(F)F. The Morgan fingerprint density at radius 1 is 1.00 bits per heavy atom. The van der Waals surface area contributed by atoms with E-state index in [0.717, 1.165) is 29.5 Å². The Balaban J connectivity index is 0.000000717. The summed E-state index contributed by atoms with van der Waals surface area (Å²) in [6.45, 7) is 3.29. The zero-order chi connectivity index (χ0) is 37.5. The molecule has 3 rings (SSSR count).